The first-order valence-electron chi connectivity index (χ1n) is 8.68. The summed E-state index contributed by atoms with van der Waals surface area (Å²) in [5, 5.41) is 12.5. The SMILES string of the molecule is CCN(CC)c1ccc(N2CCN(C(=O)c3cc(C)on3)CC2)nn1. The fraction of sp³-hybridized carbons (Fsp3) is 0.529. The molecule has 134 valence electrons. The normalized spacial score (nSPS) is 14.7. The summed E-state index contributed by atoms with van der Waals surface area (Å²) in [6.45, 7) is 10.5. The number of amides is 1. The summed E-state index contributed by atoms with van der Waals surface area (Å²) in [5.74, 6) is 2.30. The molecular formula is C17H24N6O2. The molecule has 8 heteroatoms. The molecule has 0 atom stereocenters. The Morgan fingerprint density at radius 3 is 2.40 bits per heavy atom. The number of aryl methyl sites for hydroxylation is 1. The minimum absolute atomic E-state index is 0.0838. The van der Waals surface area contributed by atoms with E-state index in [-0.39, 0.29) is 5.91 Å². The van der Waals surface area contributed by atoms with E-state index in [0.29, 0.717) is 24.5 Å². The molecule has 25 heavy (non-hydrogen) atoms. The first kappa shape index (κ1) is 17.2. The van der Waals surface area contributed by atoms with Crippen LogP contribution in [0.3, 0.4) is 0 Å². The van der Waals surface area contributed by atoms with Crippen LogP contribution in [0.5, 0.6) is 0 Å². The van der Waals surface area contributed by atoms with Crippen LogP contribution in [-0.2, 0) is 0 Å². The third kappa shape index (κ3) is 3.72. The number of anilines is 2. The second kappa shape index (κ2) is 7.50. The Labute approximate surface area is 147 Å². The van der Waals surface area contributed by atoms with Crippen molar-refractivity contribution in [1.82, 2.24) is 20.3 Å². The molecule has 2 aromatic rings. The summed E-state index contributed by atoms with van der Waals surface area (Å²) < 4.78 is 4.99. The van der Waals surface area contributed by atoms with E-state index in [0.717, 1.165) is 37.8 Å². The number of rotatable bonds is 5. The molecule has 0 saturated carbocycles. The number of carbonyl (C=O) groups is 1. The third-order valence-electron chi connectivity index (χ3n) is 4.46. The number of carbonyl (C=O) groups excluding carboxylic acids is 1. The molecule has 0 unspecified atom stereocenters. The summed E-state index contributed by atoms with van der Waals surface area (Å²) >= 11 is 0. The Bertz CT molecular complexity index is 702. The molecule has 0 aliphatic carbocycles. The summed E-state index contributed by atoms with van der Waals surface area (Å²) in [7, 11) is 0. The van der Waals surface area contributed by atoms with Gasteiger partial charge in [0, 0.05) is 45.3 Å². The zero-order valence-electron chi connectivity index (χ0n) is 15.0. The summed E-state index contributed by atoms with van der Waals surface area (Å²) in [4.78, 5) is 18.5. The maximum absolute atomic E-state index is 12.4. The second-order valence-corrected chi connectivity index (χ2v) is 6.02. The van der Waals surface area contributed by atoms with Gasteiger partial charge in [0.15, 0.2) is 17.3 Å². The molecule has 0 spiro atoms. The smallest absolute Gasteiger partial charge is 0.276 e. The van der Waals surface area contributed by atoms with Gasteiger partial charge in [0.1, 0.15) is 5.76 Å². The van der Waals surface area contributed by atoms with Crippen LogP contribution < -0.4 is 9.80 Å². The van der Waals surface area contributed by atoms with Crippen LogP contribution in [0.4, 0.5) is 11.6 Å². The maximum atomic E-state index is 12.4. The van der Waals surface area contributed by atoms with Crippen LogP contribution in [0.1, 0.15) is 30.1 Å². The fourth-order valence-electron chi connectivity index (χ4n) is 2.97. The minimum Gasteiger partial charge on any atom is -0.361 e. The van der Waals surface area contributed by atoms with E-state index >= 15 is 0 Å². The highest BCUT2D eigenvalue weighted by Crippen LogP contribution is 2.17. The molecule has 3 rings (SSSR count). The lowest BCUT2D eigenvalue weighted by atomic mass is 10.2. The van der Waals surface area contributed by atoms with Gasteiger partial charge in [-0.05, 0) is 32.9 Å². The van der Waals surface area contributed by atoms with E-state index in [1.807, 2.05) is 12.1 Å². The van der Waals surface area contributed by atoms with Crippen LogP contribution in [0.15, 0.2) is 22.7 Å². The third-order valence-corrected chi connectivity index (χ3v) is 4.46. The van der Waals surface area contributed by atoms with E-state index in [4.69, 9.17) is 4.52 Å². The highest BCUT2D eigenvalue weighted by atomic mass is 16.5. The molecule has 0 N–H and O–H groups in total. The number of hydrogen-bond donors (Lipinski definition) is 0. The summed E-state index contributed by atoms with van der Waals surface area (Å²) in [5.41, 5.74) is 0.370. The molecule has 0 radical (unpaired) electrons. The number of aromatic nitrogens is 3. The van der Waals surface area contributed by atoms with Gasteiger partial charge in [-0.3, -0.25) is 4.79 Å². The van der Waals surface area contributed by atoms with E-state index in [9.17, 15) is 4.79 Å². The van der Waals surface area contributed by atoms with Gasteiger partial charge in [-0.25, -0.2) is 0 Å². The number of hydrogen-bond acceptors (Lipinski definition) is 7. The van der Waals surface area contributed by atoms with Crippen molar-refractivity contribution in [1.29, 1.82) is 0 Å². The number of nitrogens with zero attached hydrogens (tertiary/aromatic N) is 6. The highest BCUT2D eigenvalue weighted by molar-refractivity contribution is 5.92. The molecule has 1 fully saturated rings. The lowest BCUT2D eigenvalue weighted by Gasteiger charge is -2.34. The molecule has 0 bridgehead atoms. The average molecular weight is 344 g/mol. The van der Waals surface area contributed by atoms with Crippen LogP contribution in [-0.4, -0.2) is 65.4 Å². The van der Waals surface area contributed by atoms with Gasteiger partial charge in [0.25, 0.3) is 5.91 Å². The van der Waals surface area contributed by atoms with Gasteiger partial charge in [0.05, 0.1) is 0 Å². The van der Waals surface area contributed by atoms with Crippen molar-refractivity contribution in [2.75, 3.05) is 49.1 Å². The van der Waals surface area contributed by atoms with E-state index < -0.39 is 0 Å². The van der Waals surface area contributed by atoms with Gasteiger partial charge in [-0.1, -0.05) is 5.16 Å². The van der Waals surface area contributed by atoms with E-state index in [1.54, 1.807) is 17.9 Å². The van der Waals surface area contributed by atoms with Crippen molar-refractivity contribution in [3.05, 3.63) is 29.7 Å². The molecule has 2 aromatic heterocycles. The molecule has 3 heterocycles. The topological polar surface area (TPSA) is 78.6 Å². The Balaban J connectivity index is 1.59. The summed E-state index contributed by atoms with van der Waals surface area (Å²) in [6.07, 6.45) is 0. The van der Waals surface area contributed by atoms with Crippen LogP contribution in [0.25, 0.3) is 0 Å². The Morgan fingerprint density at radius 1 is 1.16 bits per heavy atom. The first-order chi connectivity index (χ1) is 12.1. The minimum atomic E-state index is -0.0838. The zero-order chi connectivity index (χ0) is 17.8. The van der Waals surface area contributed by atoms with Crippen molar-refractivity contribution >= 4 is 17.5 Å². The first-order valence-corrected chi connectivity index (χ1v) is 8.68. The fourth-order valence-corrected chi connectivity index (χ4v) is 2.97. The van der Waals surface area contributed by atoms with Crippen molar-refractivity contribution < 1.29 is 9.32 Å². The second-order valence-electron chi connectivity index (χ2n) is 6.02. The van der Waals surface area contributed by atoms with Crippen LogP contribution >= 0.6 is 0 Å². The number of piperazine rings is 1. The van der Waals surface area contributed by atoms with E-state index in [2.05, 4.69) is 39.0 Å². The van der Waals surface area contributed by atoms with Gasteiger partial charge in [0.2, 0.25) is 0 Å². The molecular weight excluding hydrogens is 320 g/mol. The van der Waals surface area contributed by atoms with Crippen LogP contribution in [0, 0.1) is 6.92 Å². The lowest BCUT2D eigenvalue weighted by Crippen LogP contribution is -2.49. The van der Waals surface area contributed by atoms with Crippen molar-refractivity contribution in [2.24, 2.45) is 0 Å². The van der Waals surface area contributed by atoms with Crippen molar-refractivity contribution in [3.63, 3.8) is 0 Å². The average Bonchev–Trinajstić information content (AvgIpc) is 3.09. The Kier molecular flexibility index (Phi) is 5.16. The lowest BCUT2D eigenvalue weighted by molar-refractivity contribution is 0.0736. The summed E-state index contributed by atoms with van der Waals surface area (Å²) in [6, 6.07) is 5.68. The molecule has 0 aromatic carbocycles. The highest BCUT2D eigenvalue weighted by Gasteiger charge is 2.25. The van der Waals surface area contributed by atoms with Crippen molar-refractivity contribution in [3.8, 4) is 0 Å². The predicted molar refractivity (Wildman–Crippen MR) is 94.9 cm³/mol. The monoisotopic (exact) mass is 344 g/mol. The molecule has 1 aliphatic rings. The standard InChI is InChI=1S/C17H24N6O2/c1-4-21(5-2)15-6-7-16(19-18-15)22-8-10-23(11-9-22)17(24)14-12-13(3)25-20-14/h6-7,12H,4-5,8-11H2,1-3H3. The zero-order valence-corrected chi connectivity index (χ0v) is 15.0. The predicted octanol–water partition coefficient (Wildman–Crippen LogP) is 1.58. The molecule has 8 nitrogen and oxygen atoms in total. The maximum Gasteiger partial charge on any atom is 0.276 e. The van der Waals surface area contributed by atoms with E-state index in [1.165, 1.54) is 0 Å². The largest absolute Gasteiger partial charge is 0.361 e. The van der Waals surface area contributed by atoms with Gasteiger partial charge >= 0.3 is 0 Å². The molecule has 1 aliphatic heterocycles. The van der Waals surface area contributed by atoms with Gasteiger partial charge < -0.3 is 19.2 Å². The Morgan fingerprint density at radius 2 is 1.88 bits per heavy atom. The molecule has 1 saturated heterocycles. The quantitative estimate of drug-likeness (QED) is 0.815. The van der Waals surface area contributed by atoms with Crippen molar-refractivity contribution in [2.45, 2.75) is 20.8 Å². The molecule has 1 amide bonds. The van der Waals surface area contributed by atoms with Gasteiger partial charge in [-0.15, -0.1) is 10.2 Å². The van der Waals surface area contributed by atoms with Gasteiger partial charge in [-0.2, -0.15) is 0 Å². The van der Waals surface area contributed by atoms with Crippen LogP contribution in [0.2, 0.25) is 0 Å². The Hall–Kier alpha value is -2.64.